The molecule has 9 heavy (non-hydrogen) atoms. The standard InChI is InChI=1S/C8H6S/c1-2-4-7-6-9-8(7)5-3-1/h1-6H. The van der Waals surface area contributed by atoms with Crippen molar-refractivity contribution in [2.24, 2.45) is 0 Å². The van der Waals surface area contributed by atoms with Crippen molar-refractivity contribution < 1.29 is 0 Å². The minimum absolute atomic E-state index is 1.37. The summed E-state index contributed by atoms with van der Waals surface area (Å²) in [6.45, 7) is 0. The van der Waals surface area contributed by atoms with Gasteiger partial charge in [0.1, 0.15) is 0 Å². The van der Waals surface area contributed by atoms with Gasteiger partial charge in [-0.25, -0.2) is 0 Å². The van der Waals surface area contributed by atoms with Gasteiger partial charge in [-0.2, -0.15) is 0 Å². The molecule has 1 heteroatoms. The zero-order valence-corrected chi connectivity index (χ0v) is 5.69. The molecule has 0 aromatic carbocycles. The molecule has 0 N–H and O–H groups in total. The SMILES string of the molecule is c1ccc2csc-2cc1. The zero-order chi connectivity index (χ0) is 6.10. The highest BCUT2D eigenvalue weighted by atomic mass is 32.1. The van der Waals surface area contributed by atoms with Crippen LogP contribution in [0.3, 0.4) is 0 Å². The number of hydrogen-bond acceptors (Lipinski definition) is 1. The van der Waals surface area contributed by atoms with Crippen molar-refractivity contribution in [3.63, 3.8) is 0 Å². The van der Waals surface area contributed by atoms with Crippen molar-refractivity contribution >= 4 is 11.3 Å². The highest BCUT2D eigenvalue weighted by Gasteiger charge is 1.99. The van der Waals surface area contributed by atoms with Gasteiger partial charge in [0, 0.05) is 10.4 Å². The lowest BCUT2D eigenvalue weighted by Crippen LogP contribution is -1.70. The van der Waals surface area contributed by atoms with E-state index in [1.807, 2.05) is 6.07 Å². The van der Waals surface area contributed by atoms with Crippen LogP contribution < -0.4 is 0 Å². The molecule has 1 aliphatic heterocycles. The van der Waals surface area contributed by atoms with E-state index in [-0.39, 0.29) is 0 Å². The molecule has 1 aliphatic carbocycles. The minimum Gasteiger partial charge on any atom is -0.143 e. The Morgan fingerprint density at radius 3 is 2.67 bits per heavy atom. The third-order valence-electron chi connectivity index (χ3n) is 1.34. The van der Waals surface area contributed by atoms with Gasteiger partial charge >= 0.3 is 0 Å². The van der Waals surface area contributed by atoms with Crippen LogP contribution >= 0.6 is 11.3 Å². The molecule has 0 saturated heterocycles. The number of rotatable bonds is 0. The first-order valence-electron chi connectivity index (χ1n) is 2.89. The normalized spacial score (nSPS) is 10.2. The van der Waals surface area contributed by atoms with Crippen LogP contribution in [0.2, 0.25) is 0 Å². The summed E-state index contributed by atoms with van der Waals surface area (Å²) >= 11 is 1.80. The van der Waals surface area contributed by atoms with E-state index >= 15 is 0 Å². The minimum atomic E-state index is 1.37. The first kappa shape index (κ1) is 5.00. The first-order chi connectivity index (χ1) is 4.47. The van der Waals surface area contributed by atoms with Crippen LogP contribution in [0.4, 0.5) is 0 Å². The topological polar surface area (TPSA) is 0 Å². The fraction of sp³-hybridized carbons (Fsp3) is 0. The van der Waals surface area contributed by atoms with Crippen LogP contribution in [0.15, 0.2) is 35.7 Å². The Hall–Kier alpha value is -0.820. The highest BCUT2D eigenvalue weighted by molar-refractivity contribution is 7.16. The maximum Gasteiger partial charge on any atom is 0.0350 e. The number of fused-ring (bicyclic) bond motifs is 1. The van der Waals surface area contributed by atoms with Crippen molar-refractivity contribution in [1.82, 2.24) is 0 Å². The van der Waals surface area contributed by atoms with E-state index < -0.39 is 0 Å². The van der Waals surface area contributed by atoms with Crippen LogP contribution in [-0.2, 0) is 0 Å². The Bertz CT molecular complexity index is 245. The summed E-state index contributed by atoms with van der Waals surface area (Å²) in [6, 6.07) is 10.5. The fourth-order valence-corrected chi connectivity index (χ4v) is 1.51. The Labute approximate surface area is 58.1 Å². The maximum absolute atomic E-state index is 2.16. The van der Waals surface area contributed by atoms with Crippen molar-refractivity contribution in [3.05, 3.63) is 35.7 Å². The van der Waals surface area contributed by atoms with Crippen molar-refractivity contribution in [3.8, 4) is 10.4 Å². The Morgan fingerprint density at radius 2 is 1.89 bits per heavy atom. The van der Waals surface area contributed by atoms with Gasteiger partial charge in [0.15, 0.2) is 0 Å². The van der Waals surface area contributed by atoms with Crippen molar-refractivity contribution in [1.29, 1.82) is 0 Å². The van der Waals surface area contributed by atoms with E-state index in [0.29, 0.717) is 0 Å². The van der Waals surface area contributed by atoms with E-state index in [0.717, 1.165) is 0 Å². The summed E-state index contributed by atoms with van der Waals surface area (Å²) in [6.07, 6.45) is 0. The van der Waals surface area contributed by atoms with Crippen LogP contribution in [0, 0.1) is 0 Å². The molecular formula is C8H6S. The molecule has 44 valence electrons. The smallest absolute Gasteiger partial charge is 0.0350 e. The van der Waals surface area contributed by atoms with Crippen molar-refractivity contribution in [2.75, 3.05) is 0 Å². The quantitative estimate of drug-likeness (QED) is 0.519. The van der Waals surface area contributed by atoms with Gasteiger partial charge in [-0.3, -0.25) is 0 Å². The van der Waals surface area contributed by atoms with Gasteiger partial charge in [0.25, 0.3) is 0 Å². The lowest BCUT2D eigenvalue weighted by atomic mass is 10.3. The van der Waals surface area contributed by atoms with E-state index in [9.17, 15) is 0 Å². The van der Waals surface area contributed by atoms with E-state index in [4.69, 9.17) is 0 Å². The molecule has 0 spiro atoms. The molecule has 0 aromatic heterocycles. The first-order valence-corrected chi connectivity index (χ1v) is 3.77. The van der Waals surface area contributed by atoms with E-state index in [2.05, 4.69) is 29.6 Å². The van der Waals surface area contributed by atoms with E-state index in [1.165, 1.54) is 10.4 Å². The summed E-state index contributed by atoms with van der Waals surface area (Å²) in [4.78, 5) is 1.39. The molecule has 0 amide bonds. The second-order valence-electron chi connectivity index (χ2n) is 1.97. The molecule has 0 nitrogen and oxygen atoms in total. The zero-order valence-electron chi connectivity index (χ0n) is 4.87. The van der Waals surface area contributed by atoms with Gasteiger partial charge in [0.05, 0.1) is 0 Å². The Balaban J connectivity index is 2.72. The monoisotopic (exact) mass is 134 g/mol. The predicted molar refractivity (Wildman–Crippen MR) is 40.9 cm³/mol. The molecule has 2 rings (SSSR count). The summed E-state index contributed by atoms with van der Waals surface area (Å²) < 4.78 is 0. The largest absolute Gasteiger partial charge is 0.143 e. The van der Waals surface area contributed by atoms with Gasteiger partial charge < -0.3 is 0 Å². The third-order valence-corrected chi connectivity index (χ3v) is 2.34. The molecule has 0 bridgehead atoms. The van der Waals surface area contributed by atoms with Gasteiger partial charge in [0.2, 0.25) is 0 Å². The fourth-order valence-electron chi connectivity index (χ4n) is 0.818. The van der Waals surface area contributed by atoms with Gasteiger partial charge in [-0.15, -0.1) is 11.3 Å². The predicted octanol–water partition coefficient (Wildman–Crippen LogP) is 2.85. The Morgan fingerprint density at radius 1 is 1.00 bits per heavy atom. The molecular weight excluding hydrogens is 128 g/mol. The molecule has 0 fully saturated rings. The highest BCUT2D eigenvalue weighted by Crippen LogP contribution is 2.30. The summed E-state index contributed by atoms with van der Waals surface area (Å²) in [5.74, 6) is 0. The molecule has 0 atom stereocenters. The van der Waals surface area contributed by atoms with Gasteiger partial charge in [-0.1, -0.05) is 24.3 Å². The molecule has 0 radical (unpaired) electrons. The molecule has 2 aliphatic rings. The average Bonchev–Trinajstić information content (AvgIpc) is 1.94. The van der Waals surface area contributed by atoms with Crippen LogP contribution in [0.5, 0.6) is 0 Å². The van der Waals surface area contributed by atoms with E-state index in [1.54, 1.807) is 11.3 Å². The molecule has 1 heterocycles. The lowest BCUT2D eigenvalue weighted by Gasteiger charge is -2.00. The average molecular weight is 134 g/mol. The summed E-state index contributed by atoms with van der Waals surface area (Å²) in [5.41, 5.74) is 1.37. The third kappa shape index (κ3) is 0.736. The van der Waals surface area contributed by atoms with Gasteiger partial charge in [-0.05, 0) is 11.4 Å². The molecule has 0 aromatic rings. The second-order valence-corrected chi connectivity index (χ2v) is 2.88. The summed E-state index contributed by atoms with van der Waals surface area (Å²) in [5, 5.41) is 2.16. The van der Waals surface area contributed by atoms with Crippen LogP contribution in [0.1, 0.15) is 0 Å². The Kier molecular flexibility index (Phi) is 1.03. The second kappa shape index (κ2) is 1.85. The maximum atomic E-state index is 2.16. The summed E-state index contributed by atoms with van der Waals surface area (Å²) in [7, 11) is 0. The molecule has 0 saturated carbocycles. The number of hydrogen-bond donors (Lipinski definition) is 0. The lowest BCUT2D eigenvalue weighted by molar-refractivity contribution is 1.85. The molecule has 0 unspecified atom stereocenters. The van der Waals surface area contributed by atoms with Crippen LogP contribution in [-0.4, -0.2) is 0 Å². The van der Waals surface area contributed by atoms with Crippen LogP contribution in [0.25, 0.3) is 10.4 Å². The van der Waals surface area contributed by atoms with Crippen molar-refractivity contribution in [2.45, 2.75) is 0 Å².